The molecule has 3 heteroatoms. The van der Waals surface area contributed by atoms with Crippen LogP contribution in [0.2, 0.25) is 0 Å². The molecular formula is C16H13NO2. The molecule has 0 amide bonds. The van der Waals surface area contributed by atoms with Crippen molar-refractivity contribution in [2.24, 2.45) is 0 Å². The first-order valence-electron chi connectivity index (χ1n) is 5.96. The number of carbonyl (C=O) groups is 1. The monoisotopic (exact) mass is 251 g/mol. The topological polar surface area (TPSA) is 61.1 Å². The van der Waals surface area contributed by atoms with Crippen molar-refractivity contribution >= 4 is 5.97 Å². The Morgan fingerprint density at radius 1 is 0.947 bits per heavy atom. The molecule has 0 aliphatic rings. The van der Waals surface area contributed by atoms with Crippen LogP contribution in [0.3, 0.4) is 0 Å². The standard InChI is InChI=1S/C16H13NO2/c17-11-14(12-7-3-1-4-8-12)15(16(18)19)13-9-5-2-6-10-13/h1-10,14-15H,(H,18,19). The molecule has 1 N–H and O–H groups in total. The predicted octanol–water partition coefficient (Wildman–Crippen LogP) is 3.16. The van der Waals surface area contributed by atoms with Gasteiger partial charge in [0.25, 0.3) is 0 Å². The lowest BCUT2D eigenvalue weighted by molar-refractivity contribution is -0.139. The van der Waals surface area contributed by atoms with Gasteiger partial charge >= 0.3 is 5.97 Å². The highest BCUT2D eigenvalue weighted by Crippen LogP contribution is 2.32. The fourth-order valence-corrected chi connectivity index (χ4v) is 2.14. The number of carboxylic acid groups (broad SMARTS) is 1. The summed E-state index contributed by atoms with van der Waals surface area (Å²) in [5.41, 5.74) is 1.37. The van der Waals surface area contributed by atoms with Crippen LogP contribution < -0.4 is 0 Å². The van der Waals surface area contributed by atoms with Crippen LogP contribution in [0.5, 0.6) is 0 Å². The summed E-state index contributed by atoms with van der Waals surface area (Å²) in [5.74, 6) is -2.53. The van der Waals surface area contributed by atoms with Gasteiger partial charge in [-0.25, -0.2) is 0 Å². The van der Waals surface area contributed by atoms with Gasteiger partial charge in [-0.3, -0.25) is 4.79 Å². The van der Waals surface area contributed by atoms with Gasteiger partial charge < -0.3 is 5.11 Å². The molecule has 2 aromatic rings. The second-order valence-corrected chi connectivity index (χ2v) is 4.24. The molecule has 19 heavy (non-hydrogen) atoms. The maximum Gasteiger partial charge on any atom is 0.312 e. The van der Waals surface area contributed by atoms with Crippen molar-refractivity contribution in [1.29, 1.82) is 5.26 Å². The van der Waals surface area contributed by atoms with E-state index in [0.29, 0.717) is 5.56 Å². The molecule has 94 valence electrons. The van der Waals surface area contributed by atoms with E-state index >= 15 is 0 Å². The summed E-state index contributed by atoms with van der Waals surface area (Å²) >= 11 is 0. The minimum Gasteiger partial charge on any atom is -0.481 e. The van der Waals surface area contributed by atoms with Crippen molar-refractivity contribution in [3.05, 3.63) is 71.8 Å². The number of aliphatic carboxylic acids is 1. The summed E-state index contributed by atoms with van der Waals surface area (Å²) in [7, 11) is 0. The minimum absolute atomic E-state index is 0.644. The molecule has 2 unspecified atom stereocenters. The van der Waals surface area contributed by atoms with Crippen molar-refractivity contribution in [1.82, 2.24) is 0 Å². The number of rotatable bonds is 4. The molecule has 2 atom stereocenters. The van der Waals surface area contributed by atoms with Crippen LogP contribution in [0, 0.1) is 11.3 Å². The quantitative estimate of drug-likeness (QED) is 0.907. The number of carboxylic acids is 1. The Morgan fingerprint density at radius 2 is 1.42 bits per heavy atom. The Morgan fingerprint density at radius 3 is 1.84 bits per heavy atom. The average Bonchev–Trinajstić information content (AvgIpc) is 2.46. The zero-order valence-electron chi connectivity index (χ0n) is 10.2. The summed E-state index contributed by atoms with van der Waals surface area (Å²) < 4.78 is 0. The van der Waals surface area contributed by atoms with Crippen molar-refractivity contribution in [2.45, 2.75) is 11.8 Å². The van der Waals surface area contributed by atoms with Gasteiger partial charge in [0.05, 0.1) is 12.0 Å². The second kappa shape index (κ2) is 5.83. The molecule has 0 saturated carbocycles. The fourth-order valence-electron chi connectivity index (χ4n) is 2.14. The molecule has 0 spiro atoms. The molecule has 2 rings (SSSR count). The van der Waals surface area contributed by atoms with Crippen LogP contribution in [0.1, 0.15) is 23.0 Å². The van der Waals surface area contributed by atoms with Crippen LogP contribution in [-0.4, -0.2) is 11.1 Å². The number of benzene rings is 2. The number of nitrogens with zero attached hydrogens (tertiary/aromatic N) is 1. The van der Waals surface area contributed by atoms with Gasteiger partial charge in [0.15, 0.2) is 0 Å². The Balaban J connectivity index is 2.44. The van der Waals surface area contributed by atoms with Crippen LogP contribution in [0.25, 0.3) is 0 Å². The van der Waals surface area contributed by atoms with E-state index in [1.54, 1.807) is 36.4 Å². The Hall–Kier alpha value is -2.60. The van der Waals surface area contributed by atoms with Gasteiger partial charge in [0, 0.05) is 0 Å². The first-order valence-corrected chi connectivity index (χ1v) is 5.96. The zero-order valence-corrected chi connectivity index (χ0v) is 10.2. The van der Waals surface area contributed by atoms with E-state index in [2.05, 4.69) is 6.07 Å². The Labute approximate surface area is 111 Å². The Kier molecular flexibility index (Phi) is 3.94. The third-order valence-electron chi connectivity index (χ3n) is 3.06. The highest BCUT2D eigenvalue weighted by atomic mass is 16.4. The van der Waals surface area contributed by atoms with Gasteiger partial charge in [0.2, 0.25) is 0 Å². The lowest BCUT2D eigenvalue weighted by Crippen LogP contribution is -2.19. The summed E-state index contributed by atoms with van der Waals surface area (Å²) in [6.45, 7) is 0. The van der Waals surface area contributed by atoms with Gasteiger partial charge in [0.1, 0.15) is 5.92 Å². The maximum atomic E-state index is 11.5. The van der Waals surface area contributed by atoms with Crippen LogP contribution in [-0.2, 0) is 4.79 Å². The molecule has 0 saturated heterocycles. The highest BCUT2D eigenvalue weighted by Gasteiger charge is 2.30. The van der Waals surface area contributed by atoms with Crippen LogP contribution >= 0.6 is 0 Å². The zero-order chi connectivity index (χ0) is 13.7. The fraction of sp³-hybridized carbons (Fsp3) is 0.125. The summed E-state index contributed by atoms with van der Waals surface area (Å²) in [6.07, 6.45) is 0. The number of hydrogen-bond donors (Lipinski definition) is 1. The van der Waals surface area contributed by atoms with E-state index in [1.807, 2.05) is 24.3 Å². The van der Waals surface area contributed by atoms with E-state index in [9.17, 15) is 15.2 Å². The van der Waals surface area contributed by atoms with E-state index in [0.717, 1.165) is 5.56 Å². The predicted molar refractivity (Wildman–Crippen MR) is 71.6 cm³/mol. The first kappa shape index (κ1) is 12.8. The van der Waals surface area contributed by atoms with Gasteiger partial charge in [-0.05, 0) is 11.1 Å². The van der Waals surface area contributed by atoms with Crippen molar-refractivity contribution in [3.8, 4) is 6.07 Å². The molecule has 0 bridgehead atoms. The Bertz CT molecular complexity index is 587. The van der Waals surface area contributed by atoms with Gasteiger partial charge in [-0.1, -0.05) is 60.7 Å². The minimum atomic E-state index is -0.985. The van der Waals surface area contributed by atoms with E-state index < -0.39 is 17.8 Å². The third kappa shape index (κ3) is 2.80. The molecule has 0 aliphatic carbocycles. The largest absolute Gasteiger partial charge is 0.481 e. The smallest absolute Gasteiger partial charge is 0.312 e. The normalized spacial score (nSPS) is 13.2. The number of nitriles is 1. The molecule has 0 heterocycles. The SMILES string of the molecule is N#CC(c1ccccc1)C(C(=O)O)c1ccccc1. The molecule has 3 nitrogen and oxygen atoms in total. The molecule has 2 aromatic carbocycles. The van der Waals surface area contributed by atoms with Crippen LogP contribution in [0.15, 0.2) is 60.7 Å². The molecule has 0 aliphatic heterocycles. The number of hydrogen-bond acceptors (Lipinski definition) is 2. The van der Waals surface area contributed by atoms with E-state index in [4.69, 9.17) is 0 Å². The van der Waals surface area contributed by atoms with E-state index in [1.165, 1.54) is 0 Å². The third-order valence-corrected chi connectivity index (χ3v) is 3.06. The lowest BCUT2D eigenvalue weighted by atomic mass is 9.82. The van der Waals surface area contributed by atoms with E-state index in [-0.39, 0.29) is 0 Å². The summed E-state index contributed by atoms with van der Waals surface area (Å²) in [4.78, 5) is 11.5. The molecule has 0 radical (unpaired) electrons. The van der Waals surface area contributed by atoms with Crippen LogP contribution in [0.4, 0.5) is 0 Å². The first-order chi connectivity index (χ1) is 9.24. The van der Waals surface area contributed by atoms with Crippen molar-refractivity contribution in [3.63, 3.8) is 0 Å². The average molecular weight is 251 g/mol. The molecule has 0 fully saturated rings. The van der Waals surface area contributed by atoms with Gasteiger partial charge in [-0.2, -0.15) is 5.26 Å². The molecular weight excluding hydrogens is 238 g/mol. The van der Waals surface area contributed by atoms with Crippen molar-refractivity contribution in [2.75, 3.05) is 0 Å². The second-order valence-electron chi connectivity index (χ2n) is 4.24. The maximum absolute atomic E-state index is 11.5. The van der Waals surface area contributed by atoms with Gasteiger partial charge in [-0.15, -0.1) is 0 Å². The summed E-state index contributed by atoms with van der Waals surface area (Å²) in [5, 5.41) is 18.8. The lowest BCUT2D eigenvalue weighted by Gasteiger charge is -2.18. The summed E-state index contributed by atoms with van der Waals surface area (Å²) in [6, 6.07) is 20.0. The highest BCUT2D eigenvalue weighted by molar-refractivity contribution is 5.78. The molecule has 0 aromatic heterocycles. The van der Waals surface area contributed by atoms with Crippen molar-refractivity contribution < 1.29 is 9.90 Å².